The quantitative estimate of drug-likeness (QED) is 0.534. The predicted molar refractivity (Wildman–Crippen MR) is 130 cm³/mol. The first-order chi connectivity index (χ1) is 17.0. The third-order valence-electron chi connectivity index (χ3n) is 7.29. The number of carbonyl (C=O) groups excluding carboxylic acids is 2. The van der Waals surface area contributed by atoms with Gasteiger partial charge in [0.05, 0.1) is 17.5 Å². The summed E-state index contributed by atoms with van der Waals surface area (Å²) in [7, 11) is 0. The van der Waals surface area contributed by atoms with E-state index in [2.05, 4.69) is 25.6 Å². The van der Waals surface area contributed by atoms with Gasteiger partial charge in [-0.1, -0.05) is 0 Å². The lowest BCUT2D eigenvalue weighted by Gasteiger charge is -2.61. The molecule has 36 heavy (non-hydrogen) atoms. The van der Waals surface area contributed by atoms with E-state index in [9.17, 15) is 14.7 Å². The Morgan fingerprint density at radius 3 is 2.50 bits per heavy atom. The Labute approximate surface area is 210 Å². The number of rotatable bonds is 7. The summed E-state index contributed by atoms with van der Waals surface area (Å²) < 4.78 is 11.1. The molecule has 0 spiro atoms. The third-order valence-corrected chi connectivity index (χ3v) is 7.29. The van der Waals surface area contributed by atoms with Gasteiger partial charge in [-0.05, 0) is 77.2 Å². The molecule has 4 aliphatic rings. The van der Waals surface area contributed by atoms with Gasteiger partial charge in [0.15, 0.2) is 0 Å². The van der Waals surface area contributed by atoms with Crippen molar-refractivity contribution in [2.45, 2.75) is 76.0 Å². The minimum absolute atomic E-state index is 0.101. The van der Waals surface area contributed by atoms with E-state index in [1.807, 2.05) is 0 Å². The molecule has 2 atom stereocenters. The van der Waals surface area contributed by atoms with E-state index in [1.165, 1.54) is 12.4 Å². The van der Waals surface area contributed by atoms with E-state index in [1.54, 1.807) is 39.1 Å². The minimum atomic E-state index is -0.987. The van der Waals surface area contributed by atoms with Crippen LogP contribution in [0.25, 0.3) is 0 Å². The maximum absolute atomic E-state index is 13.3. The largest absolute Gasteiger partial charge is 0.490 e. The molecule has 0 aromatic carbocycles. The van der Waals surface area contributed by atoms with Crippen LogP contribution in [0.2, 0.25) is 0 Å². The standard InChI is InChI=1S/C26H33N5O5/c1-16-12-27-13-21(29-16)36-23(33)31-26-10-17-6-18(11-26)9-25(8-17,14-26)30-22(32)20-7-19(4-5-28-20)35-15-24(2,3)34/h4-5,7,12-13,17-18,34H,6,8-11,14-15H2,1-3H3,(H,30,32)(H,31,33). The summed E-state index contributed by atoms with van der Waals surface area (Å²) in [5, 5.41) is 16.3. The minimum Gasteiger partial charge on any atom is -0.490 e. The first kappa shape index (κ1) is 24.4. The van der Waals surface area contributed by atoms with Crippen LogP contribution in [0.3, 0.4) is 0 Å². The molecule has 10 heteroatoms. The molecule has 10 nitrogen and oxygen atoms in total. The summed E-state index contributed by atoms with van der Waals surface area (Å²) >= 11 is 0. The molecule has 3 N–H and O–H groups in total. The van der Waals surface area contributed by atoms with Crippen molar-refractivity contribution in [2.75, 3.05) is 6.61 Å². The van der Waals surface area contributed by atoms with Gasteiger partial charge in [-0.3, -0.25) is 14.8 Å². The Bertz CT molecular complexity index is 1150. The van der Waals surface area contributed by atoms with Crippen molar-refractivity contribution in [2.24, 2.45) is 11.8 Å². The number of ether oxygens (including phenoxy) is 2. The summed E-state index contributed by atoms with van der Waals surface area (Å²) in [6.45, 7) is 5.20. The predicted octanol–water partition coefficient (Wildman–Crippen LogP) is 2.94. The van der Waals surface area contributed by atoms with Crippen LogP contribution in [0.1, 0.15) is 68.6 Å². The smallest absolute Gasteiger partial charge is 0.414 e. The van der Waals surface area contributed by atoms with Gasteiger partial charge in [-0.25, -0.2) is 9.78 Å². The first-order valence-electron chi connectivity index (χ1n) is 12.4. The lowest BCUT2D eigenvalue weighted by atomic mass is 9.50. The fourth-order valence-electron chi connectivity index (χ4n) is 6.57. The summed E-state index contributed by atoms with van der Waals surface area (Å²) in [4.78, 5) is 38.5. The molecule has 6 rings (SSSR count). The molecule has 2 heterocycles. The number of pyridine rings is 1. The van der Waals surface area contributed by atoms with Gasteiger partial charge >= 0.3 is 6.09 Å². The van der Waals surface area contributed by atoms with E-state index < -0.39 is 22.8 Å². The van der Waals surface area contributed by atoms with Crippen molar-refractivity contribution in [1.29, 1.82) is 0 Å². The number of nitrogens with one attached hydrogen (secondary N) is 2. The highest BCUT2D eigenvalue weighted by molar-refractivity contribution is 5.93. The number of amides is 2. The molecular weight excluding hydrogens is 462 g/mol. The number of hydrogen-bond acceptors (Lipinski definition) is 8. The topological polar surface area (TPSA) is 136 Å². The molecule has 4 fully saturated rings. The van der Waals surface area contributed by atoms with E-state index in [4.69, 9.17) is 9.47 Å². The Balaban J connectivity index is 1.28. The average Bonchev–Trinajstić information content (AvgIpc) is 2.75. The van der Waals surface area contributed by atoms with Gasteiger partial charge < -0.3 is 25.2 Å². The normalized spacial score (nSPS) is 28.4. The fourth-order valence-corrected chi connectivity index (χ4v) is 6.57. The van der Waals surface area contributed by atoms with Gasteiger partial charge in [0.25, 0.3) is 5.91 Å². The molecule has 4 bridgehead atoms. The van der Waals surface area contributed by atoms with Crippen LogP contribution in [0, 0.1) is 18.8 Å². The molecule has 2 aromatic rings. The third kappa shape index (κ3) is 5.43. The average molecular weight is 496 g/mol. The van der Waals surface area contributed by atoms with Gasteiger partial charge in [-0.15, -0.1) is 0 Å². The number of aryl methyl sites for hydroxylation is 1. The molecule has 192 valence electrons. The second kappa shape index (κ2) is 8.99. The highest BCUT2D eigenvalue weighted by atomic mass is 16.6. The molecule has 0 saturated heterocycles. The van der Waals surface area contributed by atoms with E-state index in [0.717, 1.165) is 32.1 Å². The van der Waals surface area contributed by atoms with Crippen LogP contribution in [0.4, 0.5) is 4.79 Å². The van der Waals surface area contributed by atoms with E-state index in [-0.39, 0.29) is 24.1 Å². The zero-order valence-corrected chi connectivity index (χ0v) is 20.9. The summed E-state index contributed by atoms with van der Waals surface area (Å²) in [6, 6.07) is 3.26. The molecule has 0 aliphatic heterocycles. The van der Waals surface area contributed by atoms with Crippen molar-refractivity contribution in [3.05, 3.63) is 42.1 Å². The van der Waals surface area contributed by atoms with Crippen molar-refractivity contribution in [3.8, 4) is 11.6 Å². The Hall–Kier alpha value is -3.27. The van der Waals surface area contributed by atoms with Crippen molar-refractivity contribution >= 4 is 12.0 Å². The summed E-state index contributed by atoms with van der Waals surface area (Å²) in [5.41, 5.74) is -0.905. The van der Waals surface area contributed by atoms with Gasteiger partial charge in [0.1, 0.15) is 18.1 Å². The van der Waals surface area contributed by atoms with Crippen LogP contribution in [-0.2, 0) is 0 Å². The highest BCUT2D eigenvalue weighted by Gasteiger charge is 2.59. The zero-order chi connectivity index (χ0) is 25.6. The van der Waals surface area contributed by atoms with Crippen LogP contribution in [0.5, 0.6) is 11.6 Å². The molecule has 4 aliphatic carbocycles. The molecule has 2 aromatic heterocycles. The number of aromatic nitrogens is 3. The molecule has 2 amide bonds. The van der Waals surface area contributed by atoms with Gasteiger partial charge in [0, 0.05) is 29.5 Å². The van der Waals surface area contributed by atoms with Crippen LogP contribution in [-0.4, -0.2) is 55.3 Å². The number of aliphatic hydroxyl groups is 1. The van der Waals surface area contributed by atoms with Crippen LogP contribution in [0.15, 0.2) is 30.7 Å². The van der Waals surface area contributed by atoms with E-state index in [0.29, 0.717) is 29.7 Å². The summed E-state index contributed by atoms with van der Waals surface area (Å²) in [5.74, 6) is 1.21. The monoisotopic (exact) mass is 495 g/mol. The van der Waals surface area contributed by atoms with Gasteiger partial charge in [-0.2, -0.15) is 0 Å². The maximum atomic E-state index is 13.3. The second-order valence-corrected chi connectivity index (χ2v) is 11.5. The van der Waals surface area contributed by atoms with Crippen molar-refractivity contribution in [3.63, 3.8) is 0 Å². The molecule has 0 radical (unpaired) electrons. The Morgan fingerprint density at radius 2 is 1.83 bits per heavy atom. The molecule has 2 unspecified atom stereocenters. The highest BCUT2D eigenvalue weighted by Crippen LogP contribution is 2.57. The zero-order valence-electron chi connectivity index (χ0n) is 20.9. The SMILES string of the molecule is Cc1cncc(OC(=O)NC23CC4CC(C2)CC(NC(=O)c2cc(OCC(C)(C)O)ccn2)(C4)C3)n1. The van der Waals surface area contributed by atoms with E-state index >= 15 is 0 Å². The second-order valence-electron chi connectivity index (χ2n) is 11.5. The molecular formula is C26H33N5O5. The van der Waals surface area contributed by atoms with Gasteiger partial charge in [0.2, 0.25) is 5.88 Å². The molecule has 4 saturated carbocycles. The first-order valence-corrected chi connectivity index (χ1v) is 12.4. The maximum Gasteiger partial charge on any atom is 0.414 e. The lowest BCUT2D eigenvalue weighted by molar-refractivity contribution is -0.0450. The van der Waals surface area contributed by atoms with Crippen molar-refractivity contribution in [1.82, 2.24) is 25.6 Å². The summed E-state index contributed by atoms with van der Waals surface area (Å²) in [6.07, 6.45) is 9.25. The Morgan fingerprint density at radius 1 is 1.14 bits per heavy atom. The van der Waals surface area contributed by atoms with Crippen LogP contribution >= 0.6 is 0 Å². The number of hydrogen-bond donors (Lipinski definition) is 3. The fraction of sp³-hybridized carbons (Fsp3) is 0.577. The Kier molecular flexibility index (Phi) is 6.10. The number of nitrogens with zero attached hydrogens (tertiary/aromatic N) is 3. The lowest BCUT2D eigenvalue weighted by Crippen LogP contribution is -2.70. The number of carbonyl (C=O) groups is 2. The van der Waals surface area contributed by atoms with Crippen LogP contribution < -0.4 is 20.1 Å². The van der Waals surface area contributed by atoms with Crippen molar-refractivity contribution < 1.29 is 24.2 Å².